The molecule has 2 aromatic carbocycles. The average Bonchev–Trinajstić information content (AvgIpc) is 2.94. The molecule has 1 heterocycles. The Morgan fingerprint density at radius 1 is 1.10 bits per heavy atom. The highest BCUT2D eigenvalue weighted by molar-refractivity contribution is 6.37. The van der Waals surface area contributed by atoms with E-state index < -0.39 is 11.5 Å². The SMILES string of the molecule is COc1cc(NC(=O)/C(C#N)=C/N(N=O)c2ccc(OC)c(OCCCN3CCN(C)CC3)c2)c(Cl)cc1Cl. The third-order valence-corrected chi connectivity index (χ3v) is 6.69. The predicted molar refractivity (Wildman–Crippen MR) is 151 cm³/mol. The zero-order valence-electron chi connectivity index (χ0n) is 21.9. The Hall–Kier alpha value is -3.56. The fourth-order valence-electron chi connectivity index (χ4n) is 3.84. The topological polar surface area (TPSA) is 120 Å². The van der Waals surface area contributed by atoms with Crippen LogP contribution in [0.1, 0.15) is 6.42 Å². The summed E-state index contributed by atoms with van der Waals surface area (Å²) in [5.41, 5.74) is 0.0445. The van der Waals surface area contributed by atoms with Gasteiger partial charge in [-0.15, -0.1) is 4.91 Å². The zero-order chi connectivity index (χ0) is 28.4. The molecule has 0 aliphatic carbocycles. The fourth-order valence-corrected chi connectivity index (χ4v) is 4.35. The van der Waals surface area contributed by atoms with Crippen LogP contribution in [-0.2, 0) is 4.79 Å². The number of nitroso groups, excluding NO2 is 1. The lowest BCUT2D eigenvalue weighted by Gasteiger charge is -2.32. The molecule has 0 radical (unpaired) electrons. The number of nitriles is 1. The molecule has 0 saturated carbocycles. The average molecular weight is 577 g/mol. The van der Waals surface area contributed by atoms with Gasteiger partial charge in [0, 0.05) is 44.9 Å². The number of hydrogen-bond donors (Lipinski definition) is 1. The molecule has 1 aliphatic heterocycles. The summed E-state index contributed by atoms with van der Waals surface area (Å²) in [6.07, 6.45) is 1.83. The van der Waals surface area contributed by atoms with E-state index in [1.807, 2.05) is 0 Å². The Morgan fingerprint density at radius 2 is 1.82 bits per heavy atom. The quantitative estimate of drug-likeness (QED) is 0.127. The minimum atomic E-state index is -0.814. The molecule has 0 spiro atoms. The first-order valence-electron chi connectivity index (χ1n) is 12.1. The second-order valence-corrected chi connectivity index (χ2v) is 9.50. The smallest absolute Gasteiger partial charge is 0.267 e. The van der Waals surface area contributed by atoms with Crippen LogP contribution in [0.3, 0.4) is 0 Å². The first kappa shape index (κ1) is 30.0. The number of piperazine rings is 1. The molecule has 1 fully saturated rings. The molecule has 0 bridgehead atoms. The van der Waals surface area contributed by atoms with E-state index in [4.69, 9.17) is 37.4 Å². The van der Waals surface area contributed by atoms with Crippen molar-refractivity contribution >= 4 is 40.5 Å². The van der Waals surface area contributed by atoms with E-state index in [0.717, 1.165) is 50.4 Å². The van der Waals surface area contributed by atoms with Crippen molar-refractivity contribution in [3.8, 4) is 23.3 Å². The van der Waals surface area contributed by atoms with Gasteiger partial charge in [-0.1, -0.05) is 23.2 Å². The second kappa shape index (κ2) is 14.6. The standard InChI is InChI=1S/C26H30Cl2N6O5/c1-32-8-10-33(11-9-32)7-4-12-39-25-13-19(5-6-23(25)37-2)34(31-36)17-18(16-29)26(35)30-22-15-24(38-3)21(28)14-20(22)27/h5-6,13-15,17H,4,7-12H2,1-3H3,(H,30,35)/b18-17+. The number of hydrogen-bond acceptors (Lipinski definition) is 9. The van der Waals surface area contributed by atoms with E-state index in [-0.39, 0.29) is 27.2 Å². The molecule has 1 amide bonds. The number of nitrogens with zero attached hydrogens (tertiary/aromatic N) is 5. The molecule has 11 nitrogen and oxygen atoms in total. The number of carbonyl (C=O) groups is 1. The van der Waals surface area contributed by atoms with E-state index in [1.165, 1.54) is 26.4 Å². The number of carbonyl (C=O) groups excluding carboxylic acids is 1. The summed E-state index contributed by atoms with van der Waals surface area (Å²) in [6, 6.07) is 9.32. The Bertz CT molecular complexity index is 1240. The molecule has 1 saturated heterocycles. The minimum Gasteiger partial charge on any atom is -0.495 e. The van der Waals surface area contributed by atoms with Gasteiger partial charge in [-0.2, -0.15) is 5.26 Å². The highest BCUT2D eigenvalue weighted by Gasteiger charge is 2.18. The van der Waals surface area contributed by atoms with Crippen molar-refractivity contribution in [3.63, 3.8) is 0 Å². The van der Waals surface area contributed by atoms with Gasteiger partial charge in [-0.05, 0) is 31.7 Å². The van der Waals surface area contributed by atoms with Crippen LogP contribution >= 0.6 is 23.2 Å². The van der Waals surface area contributed by atoms with Gasteiger partial charge in [0.05, 0.1) is 53.7 Å². The predicted octanol–water partition coefficient (Wildman–Crippen LogP) is 4.56. The molecular formula is C26H30Cl2N6O5. The van der Waals surface area contributed by atoms with Crippen molar-refractivity contribution in [2.24, 2.45) is 5.29 Å². The van der Waals surface area contributed by atoms with Crippen LogP contribution in [0.25, 0.3) is 0 Å². The number of ether oxygens (including phenoxy) is 3. The summed E-state index contributed by atoms with van der Waals surface area (Å²) in [6.45, 7) is 5.48. The van der Waals surface area contributed by atoms with E-state index in [0.29, 0.717) is 18.1 Å². The van der Waals surface area contributed by atoms with Crippen LogP contribution in [0.2, 0.25) is 10.0 Å². The largest absolute Gasteiger partial charge is 0.495 e. The maximum Gasteiger partial charge on any atom is 0.267 e. The van der Waals surface area contributed by atoms with Gasteiger partial charge in [0.2, 0.25) is 0 Å². The first-order valence-corrected chi connectivity index (χ1v) is 12.9. The molecule has 3 rings (SSSR count). The number of amides is 1. The van der Waals surface area contributed by atoms with Crippen LogP contribution in [0.5, 0.6) is 17.2 Å². The van der Waals surface area contributed by atoms with Crippen molar-refractivity contribution in [1.29, 1.82) is 5.26 Å². The Morgan fingerprint density at radius 3 is 2.46 bits per heavy atom. The Labute approximate surface area is 237 Å². The maximum absolute atomic E-state index is 12.8. The van der Waals surface area contributed by atoms with E-state index in [2.05, 4.69) is 27.5 Å². The van der Waals surface area contributed by atoms with Crippen LogP contribution < -0.4 is 24.5 Å². The molecule has 0 atom stereocenters. The number of likely N-dealkylation sites (N-methyl/N-ethyl adjacent to an activating group) is 1. The third-order valence-electron chi connectivity index (χ3n) is 6.08. The summed E-state index contributed by atoms with van der Waals surface area (Å²) in [7, 11) is 5.04. The highest BCUT2D eigenvalue weighted by Crippen LogP contribution is 2.35. The maximum atomic E-state index is 12.8. The summed E-state index contributed by atoms with van der Waals surface area (Å²) in [5.74, 6) is 0.340. The van der Waals surface area contributed by atoms with Crippen LogP contribution in [0.15, 0.2) is 47.4 Å². The van der Waals surface area contributed by atoms with E-state index >= 15 is 0 Å². The normalized spacial score (nSPS) is 14.3. The summed E-state index contributed by atoms with van der Waals surface area (Å²) in [4.78, 5) is 29.2. The Balaban J connectivity index is 1.71. The molecule has 0 aromatic heterocycles. The lowest BCUT2D eigenvalue weighted by Crippen LogP contribution is -2.44. The second-order valence-electron chi connectivity index (χ2n) is 8.68. The van der Waals surface area contributed by atoms with Crippen LogP contribution in [0, 0.1) is 16.2 Å². The molecule has 39 heavy (non-hydrogen) atoms. The Kier molecular flexibility index (Phi) is 11.2. The number of benzene rings is 2. The van der Waals surface area contributed by atoms with Crippen molar-refractivity contribution in [2.75, 3.05) is 70.9 Å². The van der Waals surface area contributed by atoms with Crippen molar-refractivity contribution < 1.29 is 19.0 Å². The molecule has 0 unspecified atom stereocenters. The van der Waals surface area contributed by atoms with Gasteiger partial charge in [0.1, 0.15) is 17.4 Å². The monoisotopic (exact) mass is 576 g/mol. The van der Waals surface area contributed by atoms with Crippen LogP contribution in [-0.4, -0.2) is 76.3 Å². The van der Waals surface area contributed by atoms with Gasteiger partial charge < -0.3 is 29.3 Å². The molecular weight excluding hydrogens is 547 g/mol. The highest BCUT2D eigenvalue weighted by atomic mass is 35.5. The minimum absolute atomic E-state index is 0.140. The molecule has 1 aliphatic rings. The van der Waals surface area contributed by atoms with Gasteiger partial charge in [0.15, 0.2) is 11.5 Å². The number of halogens is 2. The van der Waals surface area contributed by atoms with Gasteiger partial charge in [-0.3, -0.25) is 4.79 Å². The summed E-state index contributed by atoms with van der Waals surface area (Å²) >= 11 is 12.2. The number of methoxy groups -OCH3 is 2. The molecule has 208 valence electrons. The number of nitrogens with one attached hydrogen (secondary N) is 1. The van der Waals surface area contributed by atoms with Gasteiger partial charge in [-0.25, -0.2) is 5.01 Å². The van der Waals surface area contributed by atoms with Gasteiger partial charge in [0.25, 0.3) is 5.91 Å². The lowest BCUT2D eigenvalue weighted by atomic mass is 10.2. The number of anilines is 2. The number of rotatable bonds is 12. The fraction of sp³-hybridized carbons (Fsp3) is 0.385. The third kappa shape index (κ3) is 8.21. The van der Waals surface area contributed by atoms with Crippen LogP contribution in [0.4, 0.5) is 11.4 Å². The van der Waals surface area contributed by atoms with Gasteiger partial charge >= 0.3 is 0 Å². The molecule has 2 aromatic rings. The van der Waals surface area contributed by atoms with E-state index in [9.17, 15) is 15.0 Å². The van der Waals surface area contributed by atoms with Crippen molar-refractivity contribution in [1.82, 2.24) is 9.80 Å². The first-order chi connectivity index (χ1) is 18.8. The molecule has 13 heteroatoms. The van der Waals surface area contributed by atoms with Crippen molar-refractivity contribution in [3.05, 3.63) is 57.1 Å². The van der Waals surface area contributed by atoms with Crippen molar-refractivity contribution in [2.45, 2.75) is 6.42 Å². The summed E-state index contributed by atoms with van der Waals surface area (Å²) in [5, 5.41) is 16.3. The lowest BCUT2D eigenvalue weighted by molar-refractivity contribution is -0.112. The van der Waals surface area contributed by atoms with E-state index in [1.54, 1.807) is 24.3 Å². The zero-order valence-corrected chi connectivity index (χ0v) is 23.5. The summed E-state index contributed by atoms with van der Waals surface area (Å²) < 4.78 is 16.5. The molecule has 1 N–H and O–H groups in total.